The van der Waals surface area contributed by atoms with Crippen LogP contribution >= 0.6 is 0 Å². The van der Waals surface area contributed by atoms with Crippen molar-refractivity contribution in [3.05, 3.63) is 12.7 Å². The molecule has 0 radical (unpaired) electrons. The van der Waals surface area contributed by atoms with Crippen LogP contribution in [0.2, 0.25) is 0 Å². The Hall–Kier alpha value is -0.420. The summed E-state index contributed by atoms with van der Waals surface area (Å²) in [7, 11) is 0. The van der Waals surface area contributed by atoms with Crippen LogP contribution in [0, 0.1) is 50.2 Å². The van der Waals surface area contributed by atoms with Crippen LogP contribution in [0.25, 0.3) is 0 Å². The Balaban J connectivity index is 1.75. The minimum atomic E-state index is -0.915. The van der Waals surface area contributed by atoms with Gasteiger partial charge in [0.2, 0.25) is 0 Å². The highest BCUT2D eigenvalue weighted by atomic mass is 16.3. The molecular formula is C31H54O4. The van der Waals surface area contributed by atoms with Gasteiger partial charge in [0.1, 0.15) is 0 Å². The van der Waals surface area contributed by atoms with Gasteiger partial charge in [0.05, 0.1) is 24.4 Å². The van der Waals surface area contributed by atoms with E-state index in [2.05, 4.69) is 61.1 Å². The Bertz CT molecular complexity index is 836. The average molecular weight is 491 g/mol. The van der Waals surface area contributed by atoms with E-state index >= 15 is 0 Å². The fraction of sp³-hybridized carbons (Fsp3) is 0.935. The van der Waals surface area contributed by atoms with E-state index in [-0.39, 0.29) is 39.1 Å². The van der Waals surface area contributed by atoms with Crippen LogP contribution in [0.15, 0.2) is 12.7 Å². The third-order valence-corrected chi connectivity index (χ3v) is 13.3. The van der Waals surface area contributed by atoms with Crippen molar-refractivity contribution in [2.24, 2.45) is 50.2 Å². The molecule has 4 fully saturated rings. The van der Waals surface area contributed by atoms with Crippen LogP contribution in [0.4, 0.5) is 0 Å². The van der Waals surface area contributed by atoms with Gasteiger partial charge in [0.15, 0.2) is 0 Å². The molecule has 0 aromatic rings. The first-order valence-corrected chi connectivity index (χ1v) is 14.2. The van der Waals surface area contributed by atoms with Crippen molar-refractivity contribution in [3.8, 4) is 0 Å². The number of hydrogen-bond acceptors (Lipinski definition) is 4. The molecule has 4 aliphatic rings. The molecule has 0 saturated heterocycles. The quantitative estimate of drug-likeness (QED) is 0.382. The van der Waals surface area contributed by atoms with E-state index in [1.807, 2.05) is 6.92 Å². The predicted molar refractivity (Wildman–Crippen MR) is 142 cm³/mol. The molecular weight excluding hydrogens is 436 g/mol. The summed E-state index contributed by atoms with van der Waals surface area (Å²) in [6.45, 7) is 22.2. The lowest BCUT2D eigenvalue weighted by Gasteiger charge is -2.70. The van der Waals surface area contributed by atoms with Crippen LogP contribution < -0.4 is 0 Å². The van der Waals surface area contributed by atoms with Gasteiger partial charge in [-0.05, 0) is 96.2 Å². The molecule has 0 aliphatic heterocycles. The van der Waals surface area contributed by atoms with Crippen molar-refractivity contribution in [1.82, 2.24) is 0 Å². The lowest BCUT2D eigenvalue weighted by molar-refractivity contribution is -0.260. The molecule has 0 aromatic carbocycles. The Morgan fingerprint density at radius 2 is 1.40 bits per heavy atom. The Kier molecular flexibility index (Phi) is 6.54. The zero-order valence-corrected chi connectivity index (χ0v) is 23.8. The van der Waals surface area contributed by atoms with E-state index in [1.165, 1.54) is 0 Å². The standard InChI is InChI=1S/C31H54O4/c1-10-11-21-29(7)14-13-22(32)27(4,5)20(29)12-15-30(21,8)28(6)17-19-16-26(2,3)24(34)25(35)31(19,9)23(33)18-28/h10,19-25,32-35H,1,11-18H2,2-9H3/t19?,20?,21?,22-,23+,24-,25-,28-,29-,30+,31-/m0/s1. The molecule has 0 bridgehead atoms. The van der Waals surface area contributed by atoms with E-state index in [9.17, 15) is 20.4 Å². The normalized spacial score (nSPS) is 55.5. The van der Waals surface area contributed by atoms with E-state index in [4.69, 9.17) is 0 Å². The monoisotopic (exact) mass is 490 g/mol. The van der Waals surface area contributed by atoms with Gasteiger partial charge in [0.25, 0.3) is 0 Å². The van der Waals surface area contributed by atoms with Gasteiger partial charge < -0.3 is 20.4 Å². The summed E-state index contributed by atoms with van der Waals surface area (Å²) in [5.74, 6) is 1.04. The zero-order chi connectivity index (χ0) is 26.4. The molecule has 4 nitrogen and oxygen atoms in total. The summed E-state index contributed by atoms with van der Waals surface area (Å²) >= 11 is 0. The zero-order valence-electron chi connectivity index (χ0n) is 23.8. The highest BCUT2D eigenvalue weighted by Crippen LogP contribution is 2.72. The van der Waals surface area contributed by atoms with Crippen molar-refractivity contribution in [2.45, 2.75) is 131 Å². The predicted octanol–water partition coefficient (Wildman–Crippen LogP) is 5.72. The summed E-state index contributed by atoms with van der Waals surface area (Å²) in [5, 5.41) is 44.8. The molecule has 3 unspecified atom stereocenters. The number of rotatable bonds is 3. The smallest absolute Gasteiger partial charge is 0.0885 e. The highest BCUT2D eigenvalue weighted by Gasteiger charge is 2.68. The third-order valence-electron chi connectivity index (χ3n) is 13.3. The Labute approximate surface area is 214 Å². The second kappa shape index (κ2) is 8.29. The lowest BCUT2D eigenvalue weighted by atomic mass is 9.35. The van der Waals surface area contributed by atoms with Gasteiger partial charge in [-0.15, -0.1) is 6.58 Å². The van der Waals surface area contributed by atoms with Gasteiger partial charge in [-0.2, -0.15) is 0 Å². The maximum Gasteiger partial charge on any atom is 0.0885 e. The minimum absolute atomic E-state index is 0.0122. The van der Waals surface area contributed by atoms with Crippen molar-refractivity contribution in [3.63, 3.8) is 0 Å². The highest BCUT2D eigenvalue weighted by molar-refractivity contribution is 5.18. The molecule has 4 saturated carbocycles. The second-order valence-corrected chi connectivity index (χ2v) is 15.6. The molecule has 4 aliphatic carbocycles. The van der Waals surface area contributed by atoms with Crippen LogP contribution in [0.3, 0.4) is 0 Å². The molecule has 0 aromatic heterocycles. The second-order valence-electron chi connectivity index (χ2n) is 15.6. The molecule has 0 spiro atoms. The molecule has 11 atom stereocenters. The fourth-order valence-electron chi connectivity index (χ4n) is 10.4. The van der Waals surface area contributed by atoms with Crippen molar-refractivity contribution in [1.29, 1.82) is 0 Å². The summed E-state index contributed by atoms with van der Waals surface area (Å²) in [6.07, 6.45) is 6.93. The number of aliphatic hydroxyl groups is 4. The maximum absolute atomic E-state index is 11.7. The van der Waals surface area contributed by atoms with E-state index in [0.717, 1.165) is 44.9 Å². The van der Waals surface area contributed by atoms with E-state index in [1.54, 1.807) is 0 Å². The van der Waals surface area contributed by atoms with E-state index in [0.29, 0.717) is 18.3 Å². The Morgan fingerprint density at radius 1 is 0.771 bits per heavy atom. The summed E-state index contributed by atoms with van der Waals surface area (Å²) < 4.78 is 0. The first-order chi connectivity index (χ1) is 15.9. The number of allylic oxidation sites excluding steroid dienone is 1. The molecule has 4 heteroatoms. The maximum atomic E-state index is 11.7. The molecule has 35 heavy (non-hydrogen) atoms. The van der Waals surface area contributed by atoms with Gasteiger partial charge in [-0.25, -0.2) is 0 Å². The largest absolute Gasteiger partial charge is 0.393 e. The van der Waals surface area contributed by atoms with E-state index < -0.39 is 23.7 Å². The minimum Gasteiger partial charge on any atom is -0.393 e. The number of aliphatic hydroxyl groups excluding tert-OH is 4. The van der Waals surface area contributed by atoms with Crippen LogP contribution in [-0.2, 0) is 0 Å². The molecule has 4 N–H and O–H groups in total. The van der Waals surface area contributed by atoms with Crippen molar-refractivity contribution >= 4 is 0 Å². The molecule has 4 rings (SSSR count). The first kappa shape index (κ1) is 27.6. The van der Waals surface area contributed by atoms with Gasteiger partial charge in [0, 0.05) is 5.41 Å². The molecule has 0 amide bonds. The van der Waals surface area contributed by atoms with Crippen LogP contribution in [0.1, 0.15) is 107 Å². The van der Waals surface area contributed by atoms with Crippen molar-refractivity contribution in [2.75, 3.05) is 0 Å². The van der Waals surface area contributed by atoms with Crippen LogP contribution in [0.5, 0.6) is 0 Å². The summed E-state index contributed by atoms with van der Waals surface area (Å²) in [6, 6.07) is 0. The third kappa shape index (κ3) is 3.59. The first-order valence-electron chi connectivity index (χ1n) is 14.2. The Morgan fingerprint density at radius 3 is 2.00 bits per heavy atom. The van der Waals surface area contributed by atoms with Gasteiger partial charge in [-0.3, -0.25) is 0 Å². The SMILES string of the molecule is C=CCC1[C@@]2(C)CC[C@H](O)C(C)(C)C2CC[C@@]1(C)[C@@]1(C)CC2CC(C)(C)[C@@H](O)[C@H](O)[C@]2(C)[C@H](O)C1. The number of hydrogen-bond donors (Lipinski definition) is 4. The fourth-order valence-corrected chi connectivity index (χ4v) is 10.4. The lowest BCUT2D eigenvalue weighted by Crippen LogP contribution is -2.68. The summed E-state index contributed by atoms with van der Waals surface area (Å²) in [4.78, 5) is 0. The molecule has 0 heterocycles. The van der Waals surface area contributed by atoms with Crippen LogP contribution in [-0.4, -0.2) is 44.8 Å². The average Bonchev–Trinajstić information content (AvgIpc) is 2.75. The topological polar surface area (TPSA) is 80.9 Å². The number of fused-ring (bicyclic) bond motifs is 2. The van der Waals surface area contributed by atoms with Gasteiger partial charge >= 0.3 is 0 Å². The van der Waals surface area contributed by atoms with Crippen molar-refractivity contribution < 1.29 is 20.4 Å². The molecule has 202 valence electrons. The summed E-state index contributed by atoms with van der Waals surface area (Å²) in [5.41, 5.74) is -1.13. The van der Waals surface area contributed by atoms with Gasteiger partial charge in [-0.1, -0.05) is 61.5 Å².